The van der Waals surface area contributed by atoms with E-state index in [1.807, 2.05) is 30.3 Å². The second-order valence-corrected chi connectivity index (χ2v) is 5.98. The Kier molecular flexibility index (Phi) is 3.52. The van der Waals surface area contributed by atoms with Crippen LogP contribution in [0.15, 0.2) is 51.9 Å². The molecule has 0 radical (unpaired) electrons. The highest BCUT2D eigenvalue weighted by Crippen LogP contribution is 2.29. The summed E-state index contributed by atoms with van der Waals surface area (Å²) in [4.78, 5) is 6.46. The molecule has 2 heterocycles. The van der Waals surface area contributed by atoms with Gasteiger partial charge in [0, 0.05) is 4.90 Å². The lowest BCUT2D eigenvalue weighted by Crippen LogP contribution is -1.83. The standard InChI is InChI=1S/C13H11N3OS2/c14-11-7-6-10(19-11)13-15-12(16-17-13)8-18-9-4-2-1-3-5-9/h1-7H,8,14H2. The molecule has 4 nitrogen and oxygen atoms in total. The van der Waals surface area contributed by atoms with Gasteiger partial charge in [-0.25, -0.2) is 0 Å². The van der Waals surface area contributed by atoms with E-state index in [1.54, 1.807) is 11.8 Å². The van der Waals surface area contributed by atoms with E-state index in [4.69, 9.17) is 10.3 Å². The molecule has 0 saturated carbocycles. The number of thioether (sulfide) groups is 1. The lowest BCUT2D eigenvalue weighted by molar-refractivity contribution is 0.426. The number of rotatable bonds is 4. The number of anilines is 1. The Morgan fingerprint density at radius 1 is 1.16 bits per heavy atom. The fraction of sp³-hybridized carbons (Fsp3) is 0.0769. The third-order valence-electron chi connectivity index (χ3n) is 2.42. The molecular weight excluding hydrogens is 278 g/mol. The first-order chi connectivity index (χ1) is 9.31. The van der Waals surface area contributed by atoms with Gasteiger partial charge in [0.25, 0.3) is 5.89 Å². The average Bonchev–Trinajstić information content (AvgIpc) is 3.06. The Morgan fingerprint density at radius 2 is 2.00 bits per heavy atom. The van der Waals surface area contributed by atoms with Gasteiger partial charge in [-0.3, -0.25) is 0 Å². The molecule has 0 aliphatic rings. The van der Waals surface area contributed by atoms with Gasteiger partial charge in [-0.2, -0.15) is 4.98 Å². The first kappa shape index (κ1) is 12.3. The molecule has 0 bridgehead atoms. The van der Waals surface area contributed by atoms with E-state index >= 15 is 0 Å². The van der Waals surface area contributed by atoms with Gasteiger partial charge in [0.1, 0.15) is 0 Å². The molecule has 0 spiro atoms. The second-order valence-electron chi connectivity index (χ2n) is 3.82. The van der Waals surface area contributed by atoms with Crippen LogP contribution in [0.25, 0.3) is 10.8 Å². The van der Waals surface area contributed by atoms with Crippen molar-refractivity contribution in [3.05, 3.63) is 48.3 Å². The van der Waals surface area contributed by atoms with Gasteiger partial charge >= 0.3 is 0 Å². The highest BCUT2D eigenvalue weighted by molar-refractivity contribution is 7.98. The number of hydrogen-bond donors (Lipinski definition) is 1. The van der Waals surface area contributed by atoms with Crippen LogP contribution in [0.5, 0.6) is 0 Å². The fourth-order valence-electron chi connectivity index (χ4n) is 1.55. The zero-order chi connectivity index (χ0) is 13.1. The van der Waals surface area contributed by atoms with E-state index in [1.165, 1.54) is 16.2 Å². The summed E-state index contributed by atoms with van der Waals surface area (Å²) in [6, 6.07) is 13.9. The molecule has 0 fully saturated rings. The van der Waals surface area contributed by atoms with Crippen LogP contribution >= 0.6 is 23.1 Å². The van der Waals surface area contributed by atoms with Crippen molar-refractivity contribution in [3.63, 3.8) is 0 Å². The topological polar surface area (TPSA) is 64.9 Å². The molecule has 2 N–H and O–H groups in total. The monoisotopic (exact) mass is 289 g/mol. The predicted octanol–water partition coefficient (Wildman–Crippen LogP) is 3.67. The minimum Gasteiger partial charge on any atom is -0.391 e. The minimum absolute atomic E-state index is 0.533. The number of thiophene rings is 1. The maximum atomic E-state index is 5.68. The summed E-state index contributed by atoms with van der Waals surface area (Å²) in [6.45, 7) is 0. The van der Waals surface area contributed by atoms with Gasteiger partial charge in [0.15, 0.2) is 5.82 Å². The van der Waals surface area contributed by atoms with Crippen LogP contribution in [0.4, 0.5) is 5.00 Å². The van der Waals surface area contributed by atoms with E-state index in [-0.39, 0.29) is 0 Å². The molecule has 2 aromatic heterocycles. The number of hydrogen-bond acceptors (Lipinski definition) is 6. The van der Waals surface area contributed by atoms with Gasteiger partial charge < -0.3 is 10.3 Å². The van der Waals surface area contributed by atoms with Gasteiger partial charge in [-0.05, 0) is 24.3 Å². The van der Waals surface area contributed by atoms with E-state index in [0.29, 0.717) is 17.5 Å². The van der Waals surface area contributed by atoms with Crippen LogP contribution in [-0.2, 0) is 5.75 Å². The lowest BCUT2D eigenvalue weighted by atomic mass is 10.4. The van der Waals surface area contributed by atoms with Crippen LogP contribution in [0.2, 0.25) is 0 Å². The molecule has 0 atom stereocenters. The van der Waals surface area contributed by atoms with Crippen LogP contribution in [0.1, 0.15) is 5.82 Å². The third-order valence-corrected chi connectivity index (χ3v) is 4.33. The molecule has 6 heteroatoms. The summed E-state index contributed by atoms with van der Waals surface area (Å²) in [7, 11) is 0. The Morgan fingerprint density at radius 3 is 2.74 bits per heavy atom. The third kappa shape index (κ3) is 2.97. The zero-order valence-electron chi connectivity index (χ0n) is 9.95. The lowest BCUT2D eigenvalue weighted by Gasteiger charge is -1.96. The fourth-order valence-corrected chi connectivity index (χ4v) is 3.00. The average molecular weight is 289 g/mol. The van der Waals surface area contributed by atoms with Gasteiger partial charge in [0.05, 0.1) is 15.6 Å². The molecule has 0 amide bonds. The number of nitrogens with zero attached hydrogens (tertiary/aromatic N) is 2. The van der Waals surface area contributed by atoms with Crippen molar-refractivity contribution in [2.24, 2.45) is 0 Å². The zero-order valence-corrected chi connectivity index (χ0v) is 11.6. The first-order valence-electron chi connectivity index (χ1n) is 5.67. The highest BCUT2D eigenvalue weighted by atomic mass is 32.2. The summed E-state index contributed by atoms with van der Waals surface area (Å²) in [5.41, 5.74) is 5.68. The van der Waals surface area contributed by atoms with Gasteiger partial charge in [-0.15, -0.1) is 23.1 Å². The first-order valence-corrected chi connectivity index (χ1v) is 7.47. The molecule has 0 aliphatic heterocycles. The molecule has 0 unspecified atom stereocenters. The van der Waals surface area contributed by atoms with E-state index in [9.17, 15) is 0 Å². The maximum Gasteiger partial charge on any atom is 0.268 e. The molecule has 3 rings (SSSR count). The van der Waals surface area contributed by atoms with Crippen molar-refractivity contribution >= 4 is 28.1 Å². The summed E-state index contributed by atoms with van der Waals surface area (Å²) in [6.07, 6.45) is 0. The van der Waals surface area contributed by atoms with E-state index in [0.717, 1.165) is 9.88 Å². The largest absolute Gasteiger partial charge is 0.391 e. The van der Waals surface area contributed by atoms with Crippen molar-refractivity contribution in [1.29, 1.82) is 0 Å². The van der Waals surface area contributed by atoms with Crippen molar-refractivity contribution in [2.45, 2.75) is 10.6 Å². The molecule has 0 saturated heterocycles. The molecular formula is C13H11N3OS2. The molecule has 0 aliphatic carbocycles. The molecule has 1 aromatic carbocycles. The van der Waals surface area contributed by atoms with Crippen molar-refractivity contribution in [1.82, 2.24) is 10.1 Å². The smallest absolute Gasteiger partial charge is 0.268 e. The number of benzene rings is 1. The summed E-state index contributed by atoms with van der Waals surface area (Å²) < 4.78 is 5.23. The maximum absolute atomic E-state index is 5.68. The van der Waals surface area contributed by atoms with Gasteiger partial charge in [0.2, 0.25) is 0 Å². The van der Waals surface area contributed by atoms with Crippen LogP contribution in [-0.4, -0.2) is 10.1 Å². The van der Waals surface area contributed by atoms with E-state index in [2.05, 4.69) is 22.3 Å². The Bertz CT molecular complexity index is 663. The van der Waals surface area contributed by atoms with Crippen LogP contribution < -0.4 is 5.73 Å². The normalized spacial score (nSPS) is 10.7. The highest BCUT2D eigenvalue weighted by Gasteiger charge is 2.10. The Labute approximate surface area is 118 Å². The van der Waals surface area contributed by atoms with E-state index < -0.39 is 0 Å². The van der Waals surface area contributed by atoms with Crippen molar-refractivity contribution in [2.75, 3.05) is 5.73 Å². The summed E-state index contributed by atoms with van der Waals surface area (Å²) in [5.74, 6) is 1.91. The quantitative estimate of drug-likeness (QED) is 0.742. The Balaban J connectivity index is 1.68. The Hall–Kier alpha value is -1.79. The van der Waals surface area contributed by atoms with Crippen molar-refractivity contribution < 1.29 is 4.52 Å². The molecule has 19 heavy (non-hydrogen) atoms. The predicted molar refractivity (Wildman–Crippen MR) is 78.0 cm³/mol. The number of nitrogens with two attached hydrogens (primary N) is 1. The van der Waals surface area contributed by atoms with Crippen LogP contribution in [0, 0.1) is 0 Å². The SMILES string of the molecule is Nc1ccc(-c2nc(CSc3ccccc3)no2)s1. The van der Waals surface area contributed by atoms with Gasteiger partial charge in [-0.1, -0.05) is 23.4 Å². The molecule has 3 aromatic rings. The number of aromatic nitrogens is 2. The summed E-state index contributed by atoms with van der Waals surface area (Å²) >= 11 is 3.12. The molecule has 96 valence electrons. The number of nitrogen functional groups attached to an aromatic ring is 1. The second kappa shape index (κ2) is 5.46. The van der Waals surface area contributed by atoms with Crippen molar-refractivity contribution in [3.8, 4) is 10.8 Å². The summed E-state index contributed by atoms with van der Waals surface area (Å²) in [5, 5.41) is 4.72. The minimum atomic E-state index is 0.533. The van der Waals surface area contributed by atoms with Crippen LogP contribution in [0.3, 0.4) is 0 Å².